The monoisotopic (exact) mass is 387 g/mol. The van der Waals surface area contributed by atoms with Crippen LogP contribution in [0.4, 0.5) is 5.69 Å². The highest BCUT2D eigenvalue weighted by molar-refractivity contribution is 9.10. The van der Waals surface area contributed by atoms with Crippen molar-refractivity contribution < 1.29 is 4.79 Å². The Morgan fingerprint density at radius 2 is 2.18 bits per heavy atom. The summed E-state index contributed by atoms with van der Waals surface area (Å²) in [4.78, 5) is 14.5. The highest BCUT2D eigenvalue weighted by Gasteiger charge is 2.41. The molecule has 4 nitrogen and oxygen atoms in total. The zero-order valence-corrected chi connectivity index (χ0v) is 15.1. The van der Waals surface area contributed by atoms with Gasteiger partial charge in [-0.3, -0.25) is 9.69 Å². The van der Waals surface area contributed by atoms with E-state index in [0.29, 0.717) is 24.4 Å². The van der Waals surface area contributed by atoms with Crippen LogP contribution in [0.1, 0.15) is 18.4 Å². The highest BCUT2D eigenvalue weighted by atomic mass is 79.9. The molecule has 1 saturated carbocycles. The molecule has 2 fully saturated rings. The van der Waals surface area contributed by atoms with Crippen molar-refractivity contribution in [3.8, 4) is 0 Å². The Balaban J connectivity index is 0.00000176. The Morgan fingerprint density at radius 1 is 1.41 bits per heavy atom. The van der Waals surface area contributed by atoms with Crippen molar-refractivity contribution in [1.82, 2.24) is 4.90 Å². The fourth-order valence-corrected chi connectivity index (χ4v) is 4.16. The van der Waals surface area contributed by atoms with E-state index in [-0.39, 0.29) is 18.3 Å². The lowest BCUT2D eigenvalue weighted by Crippen LogP contribution is -2.34. The van der Waals surface area contributed by atoms with Gasteiger partial charge in [0.1, 0.15) is 0 Å². The molecule has 1 aromatic rings. The molecule has 1 heterocycles. The highest BCUT2D eigenvalue weighted by Crippen LogP contribution is 2.36. The Labute approximate surface area is 146 Å². The Kier molecular flexibility index (Phi) is 5.88. The molecule has 1 amide bonds. The lowest BCUT2D eigenvalue weighted by Gasteiger charge is -2.18. The van der Waals surface area contributed by atoms with Crippen LogP contribution in [0.5, 0.6) is 0 Å². The summed E-state index contributed by atoms with van der Waals surface area (Å²) in [6.45, 7) is 4.46. The average Bonchev–Trinajstić information content (AvgIpc) is 2.95. The molecule has 2 aliphatic rings. The molecule has 1 saturated heterocycles. The van der Waals surface area contributed by atoms with E-state index in [1.54, 1.807) is 0 Å². The van der Waals surface area contributed by atoms with Gasteiger partial charge in [-0.2, -0.15) is 0 Å². The van der Waals surface area contributed by atoms with E-state index in [4.69, 9.17) is 5.73 Å². The summed E-state index contributed by atoms with van der Waals surface area (Å²) < 4.78 is 1.03. The Hall–Kier alpha value is -0.620. The van der Waals surface area contributed by atoms with Gasteiger partial charge in [0.15, 0.2) is 0 Å². The summed E-state index contributed by atoms with van der Waals surface area (Å²) in [6, 6.07) is 6.22. The van der Waals surface area contributed by atoms with Gasteiger partial charge in [-0.05, 0) is 55.4 Å². The number of benzene rings is 1. The molecule has 0 radical (unpaired) electrons. The third-order valence-electron chi connectivity index (χ3n) is 4.82. The number of carbonyl (C=O) groups excluding carboxylic acids is 1. The van der Waals surface area contributed by atoms with Gasteiger partial charge in [-0.1, -0.05) is 15.9 Å². The maximum absolute atomic E-state index is 12.2. The number of halogens is 2. The molecular formula is C16H23BrClN3O. The van der Waals surface area contributed by atoms with Crippen molar-refractivity contribution in [3.05, 3.63) is 28.2 Å². The van der Waals surface area contributed by atoms with Gasteiger partial charge in [-0.25, -0.2) is 0 Å². The van der Waals surface area contributed by atoms with Crippen LogP contribution in [-0.2, 0) is 4.79 Å². The van der Waals surface area contributed by atoms with Crippen LogP contribution < -0.4 is 11.1 Å². The molecule has 3 N–H and O–H groups in total. The van der Waals surface area contributed by atoms with E-state index < -0.39 is 0 Å². The van der Waals surface area contributed by atoms with Crippen LogP contribution in [0.2, 0.25) is 0 Å². The summed E-state index contributed by atoms with van der Waals surface area (Å²) in [5.74, 6) is 1.35. The zero-order chi connectivity index (χ0) is 15.0. The fourth-order valence-electron chi connectivity index (χ4n) is 3.69. The molecule has 1 aromatic carbocycles. The van der Waals surface area contributed by atoms with Gasteiger partial charge in [0.05, 0.1) is 6.54 Å². The number of aryl methyl sites for hydroxylation is 1. The van der Waals surface area contributed by atoms with E-state index in [9.17, 15) is 4.79 Å². The molecular weight excluding hydrogens is 366 g/mol. The quantitative estimate of drug-likeness (QED) is 0.837. The van der Waals surface area contributed by atoms with Gasteiger partial charge >= 0.3 is 0 Å². The minimum absolute atomic E-state index is 0. The molecule has 3 unspecified atom stereocenters. The van der Waals surface area contributed by atoms with Crippen LogP contribution in [0, 0.1) is 18.8 Å². The van der Waals surface area contributed by atoms with Gasteiger partial charge in [0, 0.05) is 29.3 Å². The van der Waals surface area contributed by atoms with Crippen molar-refractivity contribution in [2.45, 2.75) is 25.8 Å². The zero-order valence-electron chi connectivity index (χ0n) is 12.7. The number of amides is 1. The second-order valence-corrected chi connectivity index (χ2v) is 7.28. The van der Waals surface area contributed by atoms with Crippen molar-refractivity contribution in [3.63, 3.8) is 0 Å². The largest absolute Gasteiger partial charge is 0.327 e. The molecule has 0 bridgehead atoms. The third kappa shape index (κ3) is 3.82. The number of fused-ring (bicyclic) bond motifs is 1. The number of hydrogen-bond acceptors (Lipinski definition) is 3. The van der Waals surface area contributed by atoms with E-state index in [1.165, 1.54) is 6.42 Å². The lowest BCUT2D eigenvalue weighted by molar-refractivity contribution is -0.117. The minimum Gasteiger partial charge on any atom is -0.327 e. The molecule has 0 spiro atoms. The van der Waals surface area contributed by atoms with Crippen molar-refractivity contribution in [1.29, 1.82) is 0 Å². The fraction of sp³-hybridized carbons (Fsp3) is 0.562. The molecule has 1 aliphatic heterocycles. The molecule has 22 heavy (non-hydrogen) atoms. The molecule has 1 aliphatic carbocycles. The lowest BCUT2D eigenvalue weighted by atomic mass is 9.98. The molecule has 122 valence electrons. The van der Waals surface area contributed by atoms with Crippen molar-refractivity contribution in [2.75, 3.05) is 25.0 Å². The number of nitrogens with zero attached hydrogens (tertiary/aromatic N) is 1. The summed E-state index contributed by atoms with van der Waals surface area (Å²) >= 11 is 3.43. The predicted molar refractivity (Wildman–Crippen MR) is 95.4 cm³/mol. The normalized spacial score (nSPS) is 27.3. The second kappa shape index (κ2) is 7.30. The average molecular weight is 389 g/mol. The number of anilines is 1. The SMILES string of the molecule is Cc1cc(Br)ccc1NC(=O)CN1CC2CCC(N)C2C1.Cl. The first kappa shape index (κ1) is 17.7. The van der Waals surface area contributed by atoms with E-state index in [0.717, 1.165) is 35.2 Å². The number of carbonyl (C=O) groups is 1. The molecule has 0 aromatic heterocycles. The van der Waals surface area contributed by atoms with Gasteiger partial charge in [-0.15, -0.1) is 12.4 Å². The Bertz CT molecular complexity index is 554. The van der Waals surface area contributed by atoms with Crippen LogP contribution in [-0.4, -0.2) is 36.5 Å². The molecule has 3 rings (SSSR count). The summed E-state index contributed by atoms with van der Waals surface area (Å²) in [5.41, 5.74) is 8.09. The number of hydrogen-bond donors (Lipinski definition) is 2. The summed E-state index contributed by atoms with van der Waals surface area (Å²) in [5, 5.41) is 3.01. The number of nitrogens with two attached hydrogens (primary N) is 1. The first-order valence-corrected chi connectivity index (χ1v) is 8.36. The van der Waals surface area contributed by atoms with Gasteiger partial charge in [0.25, 0.3) is 0 Å². The standard InChI is InChI=1S/C16H22BrN3O.ClH/c1-10-6-12(17)3-5-15(10)19-16(21)9-20-7-11-2-4-14(18)13(11)8-20;/h3,5-6,11,13-14H,2,4,7-9,18H2,1H3,(H,19,21);1H. The van der Waals surface area contributed by atoms with E-state index in [2.05, 4.69) is 26.1 Å². The molecule has 3 atom stereocenters. The predicted octanol–water partition coefficient (Wildman–Crippen LogP) is 2.79. The van der Waals surface area contributed by atoms with Crippen LogP contribution in [0.3, 0.4) is 0 Å². The minimum atomic E-state index is 0. The van der Waals surface area contributed by atoms with E-state index in [1.807, 2.05) is 25.1 Å². The number of likely N-dealkylation sites (tertiary alicyclic amines) is 1. The topological polar surface area (TPSA) is 58.4 Å². The Morgan fingerprint density at radius 3 is 2.86 bits per heavy atom. The van der Waals surface area contributed by atoms with Crippen LogP contribution in [0.25, 0.3) is 0 Å². The maximum atomic E-state index is 12.2. The summed E-state index contributed by atoms with van der Waals surface area (Å²) in [6.07, 6.45) is 2.36. The van der Waals surface area contributed by atoms with Crippen LogP contribution >= 0.6 is 28.3 Å². The maximum Gasteiger partial charge on any atom is 0.238 e. The smallest absolute Gasteiger partial charge is 0.238 e. The van der Waals surface area contributed by atoms with Crippen molar-refractivity contribution >= 4 is 39.9 Å². The first-order chi connectivity index (χ1) is 10.0. The third-order valence-corrected chi connectivity index (χ3v) is 5.31. The van der Waals surface area contributed by atoms with Gasteiger partial charge in [0.2, 0.25) is 5.91 Å². The second-order valence-electron chi connectivity index (χ2n) is 6.37. The number of nitrogens with one attached hydrogen (secondary N) is 1. The van der Waals surface area contributed by atoms with Crippen LogP contribution in [0.15, 0.2) is 22.7 Å². The number of rotatable bonds is 3. The molecule has 6 heteroatoms. The van der Waals surface area contributed by atoms with Gasteiger partial charge < -0.3 is 11.1 Å². The first-order valence-electron chi connectivity index (χ1n) is 7.57. The van der Waals surface area contributed by atoms with Crippen molar-refractivity contribution in [2.24, 2.45) is 17.6 Å². The van der Waals surface area contributed by atoms with E-state index >= 15 is 0 Å². The summed E-state index contributed by atoms with van der Waals surface area (Å²) in [7, 11) is 0.